The minimum atomic E-state index is -3.30. The van der Waals surface area contributed by atoms with Crippen LogP contribution in [0.5, 0.6) is 0 Å². The van der Waals surface area contributed by atoms with Gasteiger partial charge in [-0.15, -0.1) is 0 Å². The van der Waals surface area contributed by atoms with Gasteiger partial charge in [0, 0.05) is 19.2 Å². The van der Waals surface area contributed by atoms with Crippen molar-refractivity contribution < 1.29 is 13.2 Å². The molecule has 18 heavy (non-hydrogen) atoms. The molecule has 0 bridgehead atoms. The number of nitrogens with two attached hydrogens (primary N) is 1. The molecule has 0 heterocycles. The molecule has 1 fully saturated rings. The van der Waals surface area contributed by atoms with Gasteiger partial charge in [-0.2, -0.15) is 0 Å². The zero-order valence-corrected chi connectivity index (χ0v) is 12.1. The molecule has 0 aliphatic heterocycles. The standard InChI is InChI=1S/C12H26N2O3S/c1-17-9-10-18(15,16)14-12(11-13)7-5-3-2-4-6-8-12/h14H,2-11,13H2,1H3. The number of nitrogens with one attached hydrogen (secondary N) is 1. The molecule has 0 unspecified atom stereocenters. The Balaban J connectivity index is 2.67. The molecule has 0 radical (unpaired) electrons. The zero-order valence-electron chi connectivity index (χ0n) is 11.3. The number of hydrogen-bond acceptors (Lipinski definition) is 4. The monoisotopic (exact) mass is 278 g/mol. The predicted molar refractivity (Wildman–Crippen MR) is 72.9 cm³/mol. The van der Waals surface area contributed by atoms with Crippen molar-refractivity contribution in [3.05, 3.63) is 0 Å². The lowest BCUT2D eigenvalue weighted by atomic mass is 9.85. The molecule has 0 amide bonds. The van der Waals surface area contributed by atoms with Crippen molar-refractivity contribution >= 4 is 10.0 Å². The van der Waals surface area contributed by atoms with E-state index in [4.69, 9.17) is 10.5 Å². The first-order valence-corrected chi connectivity index (χ1v) is 8.39. The van der Waals surface area contributed by atoms with Gasteiger partial charge in [0.2, 0.25) is 10.0 Å². The van der Waals surface area contributed by atoms with Crippen molar-refractivity contribution in [2.24, 2.45) is 5.73 Å². The Hall–Kier alpha value is -0.170. The van der Waals surface area contributed by atoms with E-state index >= 15 is 0 Å². The Labute approximate surface area is 111 Å². The molecule has 0 aromatic heterocycles. The van der Waals surface area contributed by atoms with Crippen LogP contribution in [0.2, 0.25) is 0 Å². The van der Waals surface area contributed by atoms with Gasteiger partial charge >= 0.3 is 0 Å². The molecule has 108 valence electrons. The van der Waals surface area contributed by atoms with Gasteiger partial charge in [0.15, 0.2) is 0 Å². The third-order valence-electron chi connectivity index (χ3n) is 3.63. The smallest absolute Gasteiger partial charge is 0.214 e. The highest BCUT2D eigenvalue weighted by Crippen LogP contribution is 2.26. The van der Waals surface area contributed by atoms with Gasteiger partial charge in [-0.1, -0.05) is 32.1 Å². The molecule has 1 saturated carbocycles. The van der Waals surface area contributed by atoms with Crippen LogP contribution < -0.4 is 10.5 Å². The van der Waals surface area contributed by atoms with Crippen LogP contribution in [0, 0.1) is 0 Å². The summed E-state index contributed by atoms with van der Waals surface area (Å²) >= 11 is 0. The van der Waals surface area contributed by atoms with Crippen LogP contribution in [0.4, 0.5) is 0 Å². The zero-order chi connectivity index (χ0) is 13.5. The van der Waals surface area contributed by atoms with Crippen molar-refractivity contribution in [2.75, 3.05) is 26.0 Å². The Kier molecular flexibility index (Phi) is 6.55. The summed E-state index contributed by atoms with van der Waals surface area (Å²) in [5, 5.41) is 0. The van der Waals surface area contributed by atoms with Crippen molar-refractivity contribution in [3.8, 4) is 0 Å². The van der Waals surface area contributed by atoms with Gasteiger partial charge in [-0.05, 0) is 12.8 Å². The fourth-order valence-corrected chi connectivity index (χ4v) is 3.94. The maximum atomic E-state index is 12.0. The lowest BCUT2D eigenvalue weighted by Crippen LogP contribution is -2.54. The highest BCUT2D eigenvalue weighted by Gasteiger charge is 2.32. The van der Waals surface area contributed by atoms with Gasteiger partial charge < -0.3 is 10.5 Å². The average molecular weight is 278 g/mol. The minimum Gasteiger partial charge on any atom is -0.384 e. The summed E-state index contributed by atoms with van der Waals surface area (Å²) < 4.78 is 31.6. The topological polar surface area (TPSA) is 81.4 Å². The quantitative estimate of drug-likeness (QED) is 0.759. The molecule has 5 nitrogen and oxygen atoms in total. The summed E-state index contributed by atoms with van der Waals surface area (Å²) in [7, 11) is -1.79. The lowest BCUT2D eigenvalue weighted by molar-refractivity contribution is 0.216. The van der Waals surface area contributed by atoms with Crippen LogP contribution in [-0.2, 0) is 14.8 Å². The summed E-state index contributed by atoms with van der Waals surface area (Å²) in [6, 6.07) is 0. The number of sulfonamides is 1. The van der Waals surface area contributed by atoms with Crippen molar-refractivity contribution in [2.45, 2.75) is 50.5 Å². The minimum absolute atomic E-state index is 0.00521. The summed E-state index contributed by atoms with van der Waals surface area (Å²) in [4.78, 5) is 0. The van der Waals surface area contributed by atoms with Crippen LogP contribution in [0.1, 0.15) is 44.9 Å². The molecule has 0 spiro atoms. The Morgan fingerprint density at radius 2 is 1.72 bits per heavy atom. The summed E-state index contributed by atoms with van der Waals surface area (Å²) in [5.41, 5.74) is 5.40. The van der Waals surface area contributed by atoms with Gasteiger partial charge in [-0.25, -0.2) is 13.1 Å². The molecule has 0 atom stereocenters. The lowest BCUT2D eigenvalue weighted by Gasteiger charge is -2.35. The SMILES string of the molecule is COCCS(=O)(=O)NC1(CN)CCCCCCC1. The van der Waals surface area contributed by atoms with Crippen LogP contribution in [0.3, 0.4) is 0 Å². The molecule has 6 heteroatoms. The predicted octanol–water partition coefficient (Wildman–Crippen LogP) is 0.994. The molecule has 3 N–H and O–H groups in total. The maximum Gasteiger partial charge on any atom is 0.214 e. The highest BCUT2D eigenvalue weighted by molar-refractivity contribution is 7.89. The average Bonchev–Trinajstić information content (AvgIpc) is 2.30. The second-order valence-corrected chi connectivity index (χ2v) is 7.01. The van der Waals surface area contributed by atoms with E-state index in [1.165, 1.54) is 26.4 Å². The fraction of sp³-hybridized carbons (Fsp3) is 1.00. The first-order chi connectivity index (χ1) is 8.54. The van der Waals surface area contributed by atoms with E-state index in [0.717, 1.165) is 25.7 Å². The van der Waals surface area contributed by atoms with E-state index in [9.17, 15) is 8.42 Å². The van der Waals surface area contributed by atoms with E-state index < -0.39 is 15.6 Å². The van der Waals surface area contributed by atoms with Crippen LogP contribution in [0.15, 0.2) is 0 Å². The van der Waals surface area contributed by atoms with Crippen LogP contribution in [0.25, 0.3) is 0 Å². The number of ether oxygens (including phenoxy) is 1. The summed E-state index contributed by atoms with van der Waals surface area (Å²) in [6.07, 6.45) is 7.36. The van der Waals surface area contributed by atoms with E-state index in [0.29, 0.717) is 6.54 Å². The molecular weight excluding hydrogens is 252 g/mol. The van der Waals surface area contributed by atoms with E-state index in [-0.39, 0.29) is 12.4 Å². The summed E-state index contributed by atoms with van der Waals surface area (Å²) in [5.74, 6) is 0.00521. The van der Waals surface area contributed by atoms with Crippen LogP contribution in [-0.4, -0.2) is 40.0 Å². The third kappa shape index (κ3) is 5.22. The Morgan fingerprint density at radius 1 is 1.17 bits per heavy atom. The summed E-state index contributed by atoms with van der Waals surface area (Å²) in [6.45, 7) is 0.592. The Morgan fingerprint density at radius 3 is 2.22 bits per heavy atom. The van der Waals surface area contributed by atoms with Gasteiger partial charge in [0.1, 0.15) is 0 Å². The second-order valence-electron chi connectivity index (χ2n) is 5.17. The fourth-order valence-electron chi connectivity index (χ4n) is 2.50. The first-order valence-electron chi connectivity index (χ1n) is 6.74. The van der Waals surface area contributed by atoms with Crippen molar-refractivity contribution in [1.82, 2.24) is 4.72 Å². The molecular formula is C12H26N2O3S. The highest BCUT2D eigenvalue weighted by atomic mass is 32.2. The molecule has 0 aromatic carbocycles. The number of methoxy groups -OCH3 is 1. The normalized spacial score (nSPS) is 21.2. The number of hydrogen-bond donors (Lipinski definition) is 2. The van der Waals surface area contributed by atoms with Gasteiger partial charge in [-0.3, -0.25) is 0 Å². The first kappa shape index (κ1) is 15.9. The molecule has 0 saturated heterocycles. The molecule has 1 rings (SSSR count). The molecule has 1 aliphatic carbocycles. The largest absolute Gasteiger partial charge is 0.384 e. The second kappa shape index (κ2) is 7.43. The maximum absolute atomic E-state index is 12.0. The van der Waals surface area contributed by atoms with Gasteiger partial charge in [0.25, 0.3) is 0 Å². The number of rotatable bonds is 6. The van der Waals surface area contributed by atoms with Crippen LogP contribution >= 0.6 is 0 Å². The van der Waals surface area contributed by atoms with Gasteiger partial charge in [0.05, 0.1) is 12.4 Å². The van der Waals surface area contributed by atoms with E-state index in [1.54, 1.807) is 0 Å². The van der Waals surface area contributed by atoms with E-state index in [1.807, 2.05) is 0 Å². The molecule has 1 aliphatic rings. The van der Waals surface area contributed by atoms with E-state index in [2.05, 4.69) is 4.72 Å². The van der Waals surface area contributed by atoms with Crippen molar-refractivity contribution in [1.29, 1.82) is 0 Å². The van der Waals surface area contributed by atoms with Crippen molar-refractivity contribution in [3.63, 3.8) is 0 Å². The third-order valence-corrected chi connectivity index (χ3v) is 5.08. The Bertz CT molecular complexity index is 322. The molecule has 0 aromatic rings.